The Hall–Kier alpha value is -2.66. The van der Waals surface area contributed by atoms with Crippen molar-refractivity contribution >= 4 is 35.9 Å². The first-order valence-corrected chi connectivity index (χ1v) is 17.0. The summed E-state index contributed by atoms with van der Waals surface area (Å²) in [7, 11) is -3.26. The smallest absolute Gasteiger partial charge is 0.264 e. The van der Waals surface area contributed by atoms with Crippen LogP contribution in [0.1, 0.15) is 36.1 Å². The van der Waals surface area contributed by atoms with Crippen LogP contribution >= 0.6 is 15.9 Å². The molecule has 0 saturated carbocycles. The van der Waals surface area contributed by atoms with Gasteiger partial charge in [-0.25, -0.2) is 0 Å². The molecule has 1 saturated heterocycles. The molecule has 2 aliphatic heterocycles. The number of carbonyl (C=O) groups excluding carboxylic acids is 1. The number of aromatic nitrogens is 3. The fourth-order valence-electron chi connectivity index (χ4n) is 6.50. The largest absolute Gasteiger partial charge is 0.395 e. The van der Waals surface area contributed by atoms with Crippen LogP contribution in [0, 0.1) is 5.92 Å². The molecule has 1 spiro atoms. The van der Waals surface area contributed by atoms with Crippen molar-refractivity contribution in [1.82, 2.24) is 15.0 Å². The second-order valence-electron chi connectivity index (χ2n) is 11.0. The van der Waals surface area contributed by atoms with Crippen molar-refractivity contribution in [1.29, 1.82) is 0 Å². The highest BCUT2D eigenvalue weighted by atomic mass is 79.9. The predicted molar refractivity (Wildman–Crippen MR) is 155 cm³/mol. The zero-order valence-corrected chi connectivity index (χ0v) is 25.0. The van der Waals surface area contributed by atoms with Crippen LogP contribution in [0.2, 0.25) is 18.6 Å². The Bertz CT molecular complexity index is 1360. The van der Waals surface area contributed by atoms with Crippen LogP contribution < -0.4 is 4.90 Å². The quantitative estimate of drug-likeness (QED) is 0.194. The van der Waals surface area contributed by atoms with Crippen LogP contribution in [0.3, 0.4) is 0 Å². The Morgan fingerprint density at radius 2 is 2.03 bits per heavy atom. The highest BCUT2D eigenvalue weighted by Gasteiger charge is 2.66. The summed E-state index contributed by atoms with van der Waals surface area (Å²) in [4.78, 5) is 15.7. The van der Waals surface area contributed by atoms with E-state index in [0.717, 1.165) is 21.3 Å². The molecule has 7 nitrogen and oxygen atoms in total. The van der Waals surface area contributed by atoms with Crippen molar-refractivity contribution in [3.05, 3.63) is 88.7 Å². The zero-order valence-electron chi connectivity index (χ0n) is 22.4. The van der Waals surface area contributed by atoms with Crippen molar-refractivity contribution in [2.75, 3.05) is 18.1 Å². The number of carbonyl (C=O) groups is 1. The third-order valence-electron chi connectivity index (χ3n) is 8.18. The summed E-state index contributed by atoms with van der Waals surface area (Å²) < 4.78 is 25.3. The van der Waals surface area contributed by atoms with Crippen LogP contribution in [0.5, 0.6) is 0 Å². The Morgan fingerprint density at radius 3 is 2.69 bits per heavy atom. The fraction of sp³-hybridized carbons (Fsp3) is 0.414. The molecule has 1 fully saturated rings. The summed E-state index contributed by atoms with van der Waals surface area (Å²) in [5.74, 6) is -0.795. The highest BCUT2D eigenvalue weighted by Crippen LogP contribution is 2.60. The summed E-state index contributed by atoms with van der Waals surface area (Å²) in [5, 5.41) is 18.6. The van der Waals surface area contributed by atoms with Crippen molar-refractivity contribution in [3.8, 4) is 0 Å². The van der Waals surface area contributed by atoms with E-state index in [1.165, 1.54) is 0 Å². The van der Waals surface area contributed by atoms with Crippen LogP contribution in [0.4, 0.5) is 9.80 Å². The van der Waals surface area contributed by atoms with Gasteiger partial charge in [-0.2, -0.15) is 0 Å². The Labute approximate surface area is 238 Å². The van der Waals surface area contributed by atoms with E-state index in [0.29, 0.717) is 25.2 Å². The lowest BCUT2D eigenvalue weighted by Crippen LogP contribution is -2.45. The van der Waals surface area contributed by atoms with Gasteiger partial charge >= 0.3 is 0 Å². The first kappa shape index (κ1) is 27.9. The normalized spacial score (nSPS) is 25.3. The van der Waals surface area contributed by atoms with Gasteiger partial charge in [0.25, 0.3) is 5.91 Å². The molecule has 0 bridgehead atoms. The molecule has 3 heterocycles. The fourth-order valence-corrected chi connectivity index (χ4v) is 9.40. The van der Waals surface area contributed by atoms with Gasteiger partial charge in [-0.3, -0.25) is 9.48 Å². The van der Waals surface area contributed by atoms with Crippen molar-refractivity contribution in [2.45, 2.75) is 56.1 Å². The van der Waals surface area contributed by atoms with E-state index in [9.17, 15) is 9.90 Å². The van der Waals surface area contributed by atoms with Gasteiger partial charge in [-0.05, 0) is 43.3 Å². The van der Waals surface area contributed by atoms with Gasteiger partial charge in [0.05, 0.1) is 30.0 Å². The number of halogens is 2. The molecule has 0 aliphatic carbocycles. The van der Waals surface area contributed by atoms with E-state index in [1.807, 2.05) is 61.7 Å². The maximum absolute atomic E-state index is 16.0. The summed E-state index contributed by atoms with van der Waals surface area (Å²) in [6.07, 6.45) is 3.53. The number of hydrogen-bond acceptors (Lipinski definition) is 5. The minimum absolute atomic E-state index is 0.0868. The molecule has 1 N–H and O–H groups in total. The van der Waals surface area contributed by atoms with Crippen molar-refractivity contribution in [3.63, 3.8) is 0 Å². The molecule has 5 atom stereocenters. The molecular weight excluding hydrogens is 579 g/mol. The van der Waals surface area contributed by atoms with E-state index in [4.69, 9.17) is 4.74 Å². The van der Waals surface area contributed by atoms with Gasteiger partial charge in [0.2, 0.25) is 8.41 Å². The van der Waals surface area contributed by atoms with Crippen LogP contribution in [-0.4, -0.2) is 53.7 Å². The summed E-state index contributed by atoms with van der Waals surface area (Å²) in [6.45, 7) is 9.90. The molecule has 2 aliphatic rings. The number of anilines is 1. The Balaban J connectivity index is 1.43. The van der Waals surface area contributed by atoms with Crippen LogP contribution in [-0.2, 0) is 21.7 Å². The Kier molecular flexibility index (Phi) is 7.67. The van der Waals surface area contributed by atoms with Gasteiger partial charge in [0.1, 0.15) is 0 Å². The maximum Gasteiger partial charge on any atom is 0.264 e. The number of aliphatic hydroxyl groups excluding tert-OH is 1. The lowest BCUT2D eigenvalue weighted by molar-refractivity contribution is -0.145. The van der Waals surface area contributed by atoms with E-state index >= 15 is 4.11 Å². The van der Waals surface area contributed by atoms with Gasteiger partial charge in [-0.1, -0.05) is 64.5 Å². The number of fused-ring (bicyclic) bond motifs is 2. The second kappa shape index (κ2) is 10.7. The lowest BCUT2D eigenvalue weighted by Gasteiger charge is -2.31. The zero-order chi connectivity index (χ0) is 27.9. The molecule has 10 heteroatoms. The average molecular weight is 614 g/mol. The van der Waals surface area contributed by atoms with E-state index in [-0.39, 0.29) is 24.3 Å². The first-order chi connectivity index (χ1) is 18.6. The summed E-state index contributed by atoms with van der Waals surface area (Å²) in [5.41, 5.74) is 1.54. The Morgan fingerprint density at radius 1 is 1.28 bits per heavy atom. The lowest BCUT2D eigenvalue weighted by atomic mass is 9.82. The molecule has 206 valence electrons. The van der Waals surface area contributed by atoms with Crippen LogP contribution in [0.25, 0.3) is 0 Å². The van der Waals surface area contributed by atoms with E-state index in [2.05, 4.69) is 32.8 Å². The van der Waals surface area contributed by atoms with Crippen molar-refractivity contribution in [2.24, 2.45) is 5.92 Å². The molecule has 3 aromatic rings. The molecule has 1 amide bonds. The molecule has 5 rings (SSSR count). The van der Waals surface area contributed by atoms with E-state index < -0.39 is 25.7 Å². The molecule has 2 aromatic carbocycles. The molecule has 1 aromatic heterocycles. The van der Waals surface area contributed by atoms with Crippen LogP contribution in [0.15, 0.2) is 71.9 Å². The average Bonchev–Trinajstić information content (AvgIpc) is 3.55. The maximum atomic E-state index is 16.0. The molecule has 39 heavy (non-hydrogen) atoms. The van der Waals surface area contributed by atoms with Gasteiger partial charge < -0.3 is 18.9 Å². The summed E-state index contributed by atoms with van der Waals surface area (Å²) >= 11 is 3.55. The number of aryl methyl sites for hydroxylation is 1. The number of rotatable bonds is 9. The minimum Gasteiger partial charge on any atom is -0.395 e. The number of ether oxygens (including phenoxy) is 1. The molecule has 0 radical (unpaired) electrons. The van der Waals surface area contributed by atoms with Gasteiger partial charge in [0.15, 0.2) is 5.60 Å². The second-order valence-corrected chi connectivity index (χ2v) is 15.7. The molecule has 1 unspecified atom stereocenters. The number of amides is 1. The molecular formula is C29H34BrFN4O3Si. The van der Waals surface area contributed by atoms with E-state index in [1.54, 1.807) is 28.8 Å². The number of aliphatic hydroxyl groups is 1. The standard InChI is InChI=1S/C29H34BrFN4O3Si/c1-5-14-35-25-12-11-21(30)16-23(25)29(28(35)37)19(2)27(39(3,4)31)26(38-29)13-15-34-17-24(32-33-34)22(18-36)20-9-7-6-8-10-20/h5-12,16-17,19,22,26-27,36H,1,13-15,18H2,2-4H3/t19-,22?,26+,27-,29+/m1/s1. The highest BCUT2D eigenvalue weighted by molar-refractivity contribution is 9.10. The number of nitrogens with zero attached hydrogens (tertiary/aromatic N) is 4. The predicted octanol–water partition coefficient (Wildman–Crippen LogP) is 5.56. The third kappa shape index (κ3) is 4.81. The first-order valence-electron chi connectivity index (χ1n) is 13.3. The topological polar surface area (TPSA) is 80.5 Å². The van der Waals surface area contributed by atoms with Crippen molar-refractivity contribution < 1.29 is 18.7 Å². The number of hydrogen-bond donors (Lipinski definition) is 1. The minimum atomic E-state index is -3.26. The monoisotopic (exact) mass is 612 g/mol. The summed E-state index contributed by atoms with van der Waals surface area (Å²) in [6, 6.07) is 15.4. The van der Waals surface area contributed by atoms with Gasteiger partial charge in [-0.15, -0.1) is 11.7 Å². The van der Waals surface area contributed by atoms with Gasteiger partial charge in [0, 0.05) is 40.8 Å². The SMILES string of the molecule is C=CCN1C(=O)[C@@]2(O[C@@H](CCn3cc(C(CO)c4ccccc4)nn3)[C@H]([Si](C)(C)F)[C@H]2C)c2cc(Br)ccc21. The number of benzene rings is 2. The third-order valence-corrected chi connectivity index (χ3v) is 11.1.